The fourth-order valence-electron chi connectivity index (χ4n) is 1.58. The van der Waals surface area contributed by atoms with E-state index >= 15 is 0 Å². The molecule has 0 bridgehead atoms. The lowest BCUT2D eigenvalue weighted by molar-refractivity contribution is 0.252. The molecule has 94 valence electrons. The van der Waals surface area contributed by atoms with Crippen LogP contribution in [-0.4, -0.2) is 22.5 Å². The first-order valence-electron chi connectivity index (χ1n) is 5.94. The predicted molar refractivity (Wildman–Crippen MR) is 71.3 cm³/mol. The van der Waals surface area contributed by atoms with Crippen LogP contribution in [0, 0.1) is 0 Å². The SMILES string of the molecule is CCCNC(=O)Nc1cccc(-c2ncc[nH]2)c1. The van der Waals surface area contributed by atoms with Gasteiger partial charge in [-0.05, 0) is 18.6 Å². The largest absolute Gasteiger partial charge is 0.345 e. The fraction of sp³-hybridized carbons (Fsp3) is 0.231. The third kappa shape index (κ3) is 3.10. The summed E-state index contributed by atoms with van der Waals surface area (Å²) >= 11 is 0. The summed E-state index contributed by atoms with van der Waals surface area (Å²) in [5.41, 5.74) is 1.69. The number of rotatable bonds is 4. The minimum Gasteiger partial charge on any atom is -0.345 e. The number of aromatic nitrogens is 2. The smallest absolute Gasteiger partial charge is 0.319 e. The number of anilines is 1. The standard InChI is InChI=1S/C13H16N4O/c1-2-6-16-13(18)17-11-5-3-4-10(9-11)12-14-7-8-15-12/h3-5,7-9H,2,6H2,1H3,(H,14,15)(H2,16,17,18). The van der Waals surface area contributed by atoms with E-state index in [9.17, 15) is 4.79 Å². The van der Waals surface area contributed by atoms with Gasteiger partial charge in [0.1, 0.15) is 5.82 Å². The number of hydrogen-bond acceptors (Lipinski definition) is 2. The maximum absolute atomic E-state index is 11.5. The van der Waals surface area contributed by atoms with Gasteiger partial charge < -0.3 is 15.6 Å². The molecule has 5 heteroatoms. The Morgan fingerprint density at radius 3 is 3.06 bits per heavy atom. The zero-order valence-corrected chi connectivity index (χ0v) is 10.2. The Kier molecular flexibility index (Phi) is 3.96. The summed E-state index contributed by atoms with van der Waals surface area (Å²) < 4.78 is 0. The molecule has 2 rings (SSSR count). The van der Waals surface area contributed by atoms with Gasteiger partial charge in [-0.1, -0.05) is 19.1 Å². The summed E-state index contributed by atoms with van der Waals surface area (Å²) in [6, 6.07) is 7.36. The number of hydrogen-bond donors (Lipinski definition) is 3. The molecule has 5 nitrogen and oxygen atoms in total. The molecule has 0 saturated heterocycles. The molecule has 2 aromatic rings. The zero-order chi connectivity index (χ0) is 12.8. The Hall–Kier alpha value is -2.30. The van der Waals surface area contributed by atoms with Gasteiger partial charge in [0, 0.05) is 30.2 Å². The van der Waals surface area contributed by atoms with E-state index in [2.05, 4.69) is 20.6 Å². The lowest BCUT2D eigenvalue weighted by atomic mass is 10.2. The van der Waals surface area contributed by atoms with Crippen LogP contribution in [0.15, 0.2) is 36.7 Å². The molecule has 18 heavy (non-hydrogen) atoms. The number of aromatic amines is 1. The number of H-pyrrole nitrogens is 1. The zero-order valence-electron chi connectivity index (χ0n) is 10.2. The van der Waals surface area contributed by atoms with Crippen LogP contribution >= 0.6 is 0 Å². The maximum atomic E-state index is 11.5. The van der Waals surface area contributed by atoms with Crippen molar-refractivity contribution in [2.75, 3.05) is 11.9 Å². The Labute approximate surface area is 106 Å². The molecule has 3 N–H and O–H groups in total. The highest BCUT2D eigenvalue weighted by Gasteiger charge is 2.03. The van der Waals surface area contributed by atoms with Crippen molar-refractivity contribution in [3.63, 3.8) is 0 Å². The molecule has 1 heterocycles. The number of amides is 2. The highest BCUT2D eigenvalue weighted by Crippen LogP contribution is 2.18. The summed E-state index contributed by atoms with van der Waals surface area (Å²) in [6.45, 7) is 2.68. The summed E-state index contributed by atoms with van der Waals surface area (Å²) in [5, 5.41) is 5.55. The minimum absolute atomic E-state index is 0.187. The Bertz CT molecular complexity index is 507. The third-order valence-corrected chi connectivity index (χ3v) is 2.43. The first kappa shape index (κ1) is 12.2. The summed E-state index contributed by atoms with van der Waals surface area (Å²) in [7, 11) is 0. The molecule has 0 atom stereocenters. The van der Waals surface area contributed by atoms with Crippen molar-refractivity contribution in [1.29, 1.82) is 0 Å². The van der Waals surface area contributed by atoms with E-state index in [4.69, 9.17) is 0 Å². The fourth-order valence-corrected chi connectivity index (χ4v) is 1.58. The van der Waals surface area contributed by atoms with Crippen LogP contribution in [0.3, 0.4) is 0 Å². The number of benzene rings is 1. The van der Waals surface area contributed by atoms with Crippen LogP contribution < -0.4 is 10.6 Å². The molecule has 0 saturated carbocycles. The highest BCUT2D eigenvalue weighted by atomic mass is 16.2. The summed E-state index contributed by atoms with van der Waals surface area (Å²) in [5.74, 6) is 0.785. The van der Waals surface area contributed by atoms with Gasteiger partial charge >= 0.3 is 6.03 Å². The average Bonchev–Trinajstić information content (AvgIpc) is 2.90. The maximum Gasteiger partial charge on any atom is 0.319 e. The van der Waals surface area contributed by atoms with Crippen LogP contribution in [0.1, 0.15) is 13.3 Å². The topological polar surface area (TPSA) is 69.8 Å². The van der Waals surface area contributed by atoms with Crippen molar-refractivity contribution in [1.82, 2.24) is 15.3 Å². The number of carbonyl (C=O) groups is 1. The summed E-state index contributed by atoms with van der Waals surface area (Å²) in [6.07, 6.45) is 4.38. The van der Waals surface area contributed by atoms with Gasteiger partial charge in [0.05, 0.1) is 0 Å². The summed E-state index contributed by atoms with van der Waals surface area (Å²) in [4.78, 5) is 18.7. The van der Waals surface area contributed by atoms with Crippen molar-refractivity contribution in [2.24, 2.45) is 0 Å². The van der Waals surface area contributed by atoms with Gasteiger partial charge in [-0.3, -0.25) is 0 Å². The quantitative estimate of drug-likeness (QED) is 0.773. The Morgan fingerprint density at radius 1 is 1.44 bits per heavy atom. The molecule has 2 amide bonds. The van der Waals surface area contributed by atoms with Gasteiger partial charge in [-0.15, -0.1) is 0 Å². The van der Waals surface area contributed by atoms with E-state index in [1.165, 1.54) is 0 Å². The van der Waals surface area contributed by atoms with E-state index in [1.54, 1.807) is 12.4 Å². The first-order valence-corrected chi connectivity index (χ1v) is 5.94. The van der Waals surface area contributed by atoms with Crippen LogP contribution in [-0.2, 0) is 0 Å². The van der Waals surface area contributed by atoms with E-state index in [0.717, 1.165) is 23.5 Å². The lowest BCUT2D eigenvalue weighted by Gasteiger charge is -2.07. The number of carbonyl (C=O) groups excluding carboxylic acids is 1. The number of imidazole rings is 1. The molecule has 0 spiro atoms. The molecular weight excluding hydrogens is 228 g/mol. The van der Waals surface area contributed by atoms with Crippen molar-refractivity contribution in [2.45, 2.75) is 13.3 Å². The van der Waals surface area contributed by atoms with Gasteiger partial charge in [0.15, 0.2) is 0 Å². The minimum atomic E-state index is -0.187. The molecule has 1 aromatic carbocycles. The number of nitrogens with one attached hydrogen (secondary N) is 3. The van der Waals surface area contributed by atoms with Gasteiger partial charge in [-0.25, -0.2) is 9.78 Å². The van der Waals surface area contributed by atoms with Gasteiger partial charge in [0.2, 0.25) is 0 Å². The second-order valence-electron chi connectivity index (χ2n) is 3.90. The molecule has 1 aromatic heterocycles. The van der Waals surface area contributed by atoms with E-state index < -0.39 is 0 Å². The molecule has 0 aliphatic rings. The second kappa shape index (κ2) is 5.86. The molecule has 0 aliphatic carbocycles. The van der Waals surface area contributed by atoms with Crippen molar-refractivity contribution >= 4 is 11.7 Å². The van der Waals surface area contributed by atoms with E-state index in [0.29, 0.717) is 6.54 Å². The van der Waals surface area contributed by atoms with Gasteiger partial charge in [0.25, 0.3) is 0 Å². The number of urea groups is 1. The highest BCUT2D eigenvalue weighted by molar-refractivity contribution is 5.89. The Morgan fingerprint density at radius 2 is 2.33 bits per heavy atom. The van der Waals surface area contributed by atoms with Crippen LogP contribution in [0.2, 0.25) is 0 Å². The lowest BCUT2D eigenvalue weighted by Crippen LogP contribution is -2.29. The normalized spacial score (nSPS) is 10.1. The van der Waals surface area contributed by atoms with E-state index in [-0.39, 0.29) is 6.03 Å². The molecule has 0 radical (unpaired) electrons. The van der Waals surface area contributed by atoms with Crippen LogP contribution in [0.5, 0.6) is 0 Å². The predicted octanol–water partition coefficient (Wildman–Crippen LogP) is 2.61. The number of nitrogens with zero attached hydrogens (tertiary/aromatic N) is 1. The van der Waals surface area contributed by atoms with Crippen LogP contribution in [0.25, 0.3) is 11.4 Å². The van der Waals surface area contributed by atoms with Crippen molar-refractivity contribution in [3.05, 3.63) is 36.7 Å². The first-order chi connectivity index (χ1) is 8.79. The average molecular weight is 244 g/mol. The van der Waals surface area contributed by atoms with Crippen molar-refractivity contribution in [3.8, 4) is 11.4 Å². The van der Waals surface area contributed by atoms with E-state index in [1.807, 2.05) is 31.2 Å². The second-order valence-corrected chi connectivity index (χ2v) is 3.90. The molecular formula is C13H16N4O. The monoisotopic (exact) mass is 244 g/mol. The van der Waals surface area contributed by atoms with Crippen LogP contribution in [0.4, 0.5) is 10.5 Å². The third-order valence-electron chi connectivity index (χ3n) is 2.43. The Balaban J connectivity index is 2.06. The molecule has 0 aliphatic heterocycles. The molecule has 0 fully saturated rings. The molecule has 0 unspecified atom stereocenters. The van der Waals surface area contributed by atoms with Gasteiger partial charge in [-0.2, -0.15) is 0 Å². The van der Waals surface area contributed by atoms with Crippen molar-refractivity contribution < 1.29 is 4.79 Å².